The highest BCUT2D eigenvalue weighted by molar-refractivity contribution is 7.27. The quantitative estimate of drug-likeness (QED) is 0.161. The van der Waals surface area contributed by atoms with Gasteiger partial charge in [0.2, 0.25) is 0 Å². The van der Waals surface area contributed by atoms with E-state index in [0.717, 1.165) is 0 Å². The Morgan fingerprint density at radius 2 is 0.915 bits per heavy atom. The minimum atomic E-state index is -2.89. The van der Waals surface area contributed by atoms with Crippen molar-refractivity contribution in [3.63, 3.8) is 0 Å². The van der Waals surface area contributed by atoms with Gasteiger partial charge < -0.3 is 9.80 Å². The van der Waals surface area contributed by atoms with Gasteiger partial charge in [-0.3, -0.25) is 0 Å². The van der Waals surface area contributed by atoms with Crippen molar-refractivity contribution in [1.82, 2.24) is 0 Å². The molecule has 0 fully saturated rings. The third-order valence-corrected chi connectivity index (χ3v) is 20.3. The lowest BCUT2D eigenvalue weighted by Crippen LogP contribution is -2.88. The Morgan fingerprint density at radius 1 is 0.458 bits per heavy atom. The molecule has 0 unspecified atom stereocenters. The van der Waals surface area contributed by atoms with Gasteiger partial charge in [-0.15, -0.1) is 0 Å². The number of rotatable bonds is 5. The van der Waals surface area contributed by atoms with Crippen LogP contribution < -0.4 is 52.1 Å². The fraction of sp³-hybridized carbons (Fsp3) is 0.222. The van der Waals surface area contributed by atoms with Gasteiger partial charge in [0.05, 0.1) is 8.07 Å². The van der Waals surface area contributed by atoms with Gasteiger partial charge in [0, 0.05) is 34.1 Å². The molecular weight excluding hydrogens is 744 g/mol. The van der Waals surface area contributed by atoms with Crippen LogP contribution in [0.15, 0.2) is 152 Å². The van der Waals surface area contributed by atoms with Gasteiger partial charge in [-0.05, 0) is 120 Å². The summed E-state index contributed by atoms with van der Waals surface area (Å²) in [5.41, 5.74) is 15.9. The normalized spacial score (nSPS) is 15.0. The highest BCUT2D eigenvalue weighted by Gasteiger charge is 2.56. The fourth-order valence-corrected chi connectivity index (χ4v) is 16.9. The van der Waals surface area contributed by atoms with Crippen molar-refractivity contribution in [3.8, 4) is 0 Å². The maximum atomic E-state index is 2.66. The molecule has 0 N–H and O–H groups in total. The van der Waals surface area contributed by atoms with Gasteiger partial charge in [-0.25, -0.2) is 0 Å². The molecule has 0 saturated carbocycles. The van der Waals surface area contributed by atoms with E-state index >= 15 is 0 Å². The van der Waals surface area contributed by atoms with E-state index in [4.69, 9.17) is 0 Å². The Labute approximate surface area is 354 Å². The lowest BCUT2D eigenvalue weighted by atomic mass is 9.33. The molecule has 5 heteroatoms. The first kappa shape index (κ1) is 37.9. The van der Waals surface area contributed by atoms with E-state index in [9.17, 15) is 0 Å². The maximum Gasteiger partial charge on any atom is 0.251 e. The van der Waals surface area contributed by atoms with E-state index in [1.807, 2.05) is 0 Å². The van der Waals surface area contributed by atoms with Crippen molar-refractivity contribution in [3.05, 3.63) is 168 Å². The number of nitrogens with zero attached hydrogens (tertiary/aromatic N) is 2. The van der Waals surface area contributed by atoms with Gasteiger partial charge in [0.1, 0.15) is 0 Å². The molecule has 0 spiro atoms. The number of hydrogen-bond acceptors (Lipinski definition) is 2. The second-order valence-corrected chi connectivity index (χ2v) is 29.2. The SMILES string of the molecule is Cc1cc2c3c(c1)N(c1cc(C(C)(C)C)cc(C(C)(C)C)c1)c1cccc4c1B3c1c(cccc1[Si]4(c1ccccc1)c1ccccc1)N2c1ccc([Si](C)(C)C)cc1. The third kappa shape index (κ3) is 5.64. The Balaban J connectivity index is 1.39. The second kappa shape index (κ2) is 13.1. The first-order chi connectivity index (χ1) is 28.1. The van der Waals surface area contributed by atoms with E-state index in [-0.39, 0.29) is 17.5 Å². The molecule has 7 aromatic carbocycles. The lowest BCUT2D eigenvalue weighted by molar-refractivity contribution is 0.569. The molecule has 3 aliphatic rings. The Hall–Kier alpha value is -5.36. The van der Waals surface area contributed by atoms with Crippen LogP contribution in [0.25, 0.3) is 0 Å². The topological polar surface area (TPSA) is 6.48 Å². The van der Waals surface area contributed by atoms with Crippen molar-refractivity contribution >= 4 is 99.3 Å². The molecule has 59 heavy (non-hydrogen) atoms. The van der Waals surface area contributed by atoms with Crippen LogP contribution in [0, 0.1) is 6.92 Å². The average molecular weight is 799 g/mol. The van der Waals surface area contributed by atoms with Crippen LogP contribution in [0.3, 0.4) is 0 Å². The van der Waals surface area contributed by atoms with Crippen LogP contribution in [-0.2, 0) is 10.8 Å². The molecule has 0 amide bonds. The van der Waals surface area contributed by atoms with Gasteiger partial charge >= 0.3 is 0 Å². The summed E-state index contributed by atoms with van der Waals surface area (Å²) in [5.74, 6) is 0. The summed E-state index contributed by atoms with van der Waals surface area (Å²) in [6.07, 6.45) is 0. The lowest BCUT2D eigenvalue weighted by Gasteiger charge is -2.51. The van der Waals surface area contributed by atoms with Crippen molar-refractivity contribution < 1.29 is 0 Å². The minimum absolute atomic E-state index is 0.0219. The zero-order valence-corrected chi connectivity index (χ0v) is 38.4. The zero-order valence-electron chi connectivity index (χ0n) is 36.4. The summed E-state index contributed by atoms with van der Waals surface area (Å²) >= 11 is 0. The molecule has 0 aromatic heterocycles. The largest absolute Gasteiger partial charge is 0.311 e. The number of aryl methyl sites for hydroxylation is 1. The first-order valence-corrected chi connectivity index (χ1v) is 27.0. The van der Waals surface area contributed by atoms with Crippen molar-refractivity contribution in [1.29, 1.82) is 0 Å². The molecule has 10 rings (SSSR count). The number of hydrogen-bond donors (Lipinski definition) is 0. The molecule has 3 heterocycles. The average Bonchev–Trinajstić information content (AvgIpc) is 3.20. The summed E-state index contributed by atoms with van der Waals surface area (Å²) in [6, 6.07) is 59.6. The molecule has 3 aliphatic heterocycles. The molecule has 0 radical (unpaired) electrons. The highest BCUT2D eigenvalue weighted by atomic mass is 28.3. The molecule has 2 nitrogen and oxygen atoms in total. The van der Waals surface area contributed by atoms with E-state index in [2.05, 4.69) is 230 Å². The monoisotopic (exact) mass is 798 g/mol. The van der Waals surface area contributed by atoms with Gasteiger partial charge in [0.15, 0.2) is 8.07 Å². The number of anilines is 6. The Bertz CT molecular complexity index is 2720. The van der Waals surface area contributed by atoms with Crippen LogP contribution in [0.2, 0.25) is 19.6 Å². The van der Waals surface area contributed by atoms with E-state index < -0.39 is 16.1 Å². The molecule has 292 valence electrons. The van der Waals surface area contributed by atoms with Crippen LogP contribution in [0.1, 0.15) is 58.2 Å². The zero-order chi connectivity index (χ0) is 41.2. The van der Waals surface area contributed by atoms with Crippen LogP contribution in [-0.4, -0.2) is 22.9 Å². The first-order valence-electron chi connectivity index (χ1n) is 21.5. The molecule has 0 aliphatic carbocycles. The van der Waals surface area contributed by atoms with Crippen LogP contribution >= 0.6 is 0 Å². The van der Waals surface area contributed by atoms with E-state index in [0.29, 0.717) is 0 Å². The Morgan fingerprint density at radius 3 is 1.36 bits per heavy atom. The summed E-state index contributed by atoms with van der Waals surface area (Å²) < 4.78 is 0. The van der Waals surface area contributed by atoms with E-state index in [1.165, 1.54) is 93.1 Å². The standard InChI is InChI=1S/C54H55BN2Si2/c1-36-31-46-50-47(32-36)57(40-34-37(53(2,3)4)33-38(35-40)54(5,6)7)45-24-18-26-49-52(45)55(50)51-44(56(46)39-27-29-41(30-28-39)58(8,9)10)23-17-25-48(51)59(49,42-19-13-11-14-20-42)43-21-15-12-16-22-43/h11-35H,1-10H3. The molecule has 7 aromatic rings. The summed E-state index contributed by atoms with van der Waals surface area (Å²) in [5, 5.41) is 7.33. The fourth-order valence-electron chi connectivity index (χ4n) is 10.5. The molecule has 0 bridgehead atoms. The maximum absolute atomic E-state index is 2.89. The summed E-state index contributed by atoms with van der Waals surface area (Å²) in [4.78, 5) is 5.28. The Kier molecular flexibility index (Phi) is 8.39. The minimum Gasteiger partial charge on any atom is -0.311 e. The molecule has 0 atom stereocenters. The van der Waals surface area contributed by atoms with E-state index in [1.54, 1.807) is 0 Å². The van der Waals surface area contributed by atoms with Crippen molar-refractivity contribution in [2.45, 2.75) is 78.9 Å². The molecule has 0 saturated heterocycles. The van der Waals surface area contributed by atoms with Crippen molar-refractivity contribution in [2.24, 2.45) is 0 Å². The van der Waals surface area contributed by atoms with Gasteiger partial charge in [-0.1, -0.05) is 169 Å². The predicted molar refractivity (Wildman–Crippen MR) is 263 cm³/mol. The third-order valence-electron chi connectivity index (χ3n) is 13.4. The van der Waals surface area contributed by atoms with Crippen molar-refractivity contribution in [2.75, 3.05) is 9.80 Å². The summed E-state index contributed by atoms with van der Waals surface area (Å²) in [7, 11) is -4.40. The second-order valence-electron chi connectivity index (χ2n) is 20.3. The predicted octanol–water partition coefficient (Wildman–Crippen LogP) is 8.91. The highest BCUT2D eigenvalue weighted by Crippen LogP contribution is 2.46. The van der Waals surface area contributed by atoms with Gasteiger partial charge in [0.25, 0.3) is 6.71 Å². The summed E-state index contributed by atoms with van der Waals surface area (Å²) in [6.45, 7) is 23.8. The van der Waals surface area contributed by atoms with Gasteiger partial charge in [-0.2, -0.15) is 0 Å². The smallest absolute Gasteiger partial charge is 0.251 e. The van der Waals surface area contributed by atoms with Crippen LogP contribution in [0.4, 0.5) is 34.1 Å². The molecular formula is C54H55BN2Si2. The van der Waals surface area contributed by atoms with Crippen LogP contribution in [0.5, 0.6) is 0 Å². The number of benzene rings is 7.